The normalized spacial score (nSPS) is 9.64. The van der Waals surface area contributed by atoms with E-state index < -0.39 is 0 Å². The number of aryl methyl sites for hydroxylation is 1. The number of hydrogen-bond acceptors (Lipinski definition) is 4. The summed E-state index contributed by atoms with van der Waals surface area (Å²) in [6, 6.07) is 3.27. The number of hydrazine groups is 1. The molecule has 5 heteroatoms. The number of nitrogens with one attached hydrogen (secondary N) is 1. The Bertz CT molecular complexity index is 339. The number of carbonyl (C=O) groups excluding carboxylic acids is 1. The number of nitrogens with zero attached hydrogens (tertiary/aromatic N) is 1. The van der Waals surface area contributed by atoms with Gasteiger partial charge in [0, 0.05) is 6.07 Å². The molecule has 0 aliphatic heterocycles. The molecule has 0 radical (unpaired) electrons. The van der Waals surface area contributed by atoms with Crippen molar-refractivity contribution in [1.82, 2.24) is 10.4 Å². The Morgan fingerprint density at radius 3 is 2.86 bits per heavy atom. The molecule has 0 aromatic carbocycles. The Labute approximate surface area is 82.2 Å². The number of nitrogens with two attached hydrogens (primary N) is 1. The van der Waals surface area contributed by atoms with Crippen LogP contribution in [0.2, 0.25) is 0 Å². The predicted octanol–water partition coefficient (Wildman–Crippen LogP) is 0.392. The maximum absolute atomic E-state index is 11.2. The first kappa shape index (κ1) is 10.5. The van der Waals surface area contributed by atoms with E-state index in [0.29, 0.717) is 23.7 Å². The van der Waals surface area contributed by atoms with E-state index in [4.69, 9.17) is 10.6 Å². The summed E-state index contributed by atoms with van der Waals surface area (Å²) in [6.07, 6.45) is 0. The van der Waals surface area contributed by atoms with E-state index >= 15 is 0 Å². The third-order valence-corrected chi connectivity index (χ3v) is 1.73. The van der Waals surface area contributed by atoms with Gasteiger partial charge in [-0.15, -0.1) is 0 Å². The Balaban J connectivity index is 2.95. The summed E-state index contributed by atoms with van der Waals surface area (Å²) in [6.45, 7) is 4.15. The highest BCUT2D eigenvalue weighted by atomic mass is 16.5. The van der Waals surface area contributed by atoms with Crippen molar-refractivity contribution < 1.29 is 9.53 Å². The number of hydrogen-bond donors (Lipinski definition) is 2. The standard InChI is InChI=1S/C9H13N3O2/c1-3-14-8-5-4-7(6(2)11-8)9(13)12-10/h4-5H,3,10H2,1-2H3,(H,12,13). The summed E-state index contributed by atoms with van der Waals surface area (Å²) >= 11 is 0. The molecule has 0 saturated carbocycles. The number of ether oxygens (including phenoxy) is 1. The van der Waals surface area contributed by atoms with Crippen molar-refractivity contribution in [3.8, 4) is 5.88 Å². The molecule has 0 bridgehead atoms. The zero-order valence-electron chi connectivity index (χ0n) is 8.20. The van der Waals surface area contributed by atoms with Crippen LogP contribution in [0.1, 0.15) is 23.0 Å². The molecule has 1 heterocycles. The van der Waals surface area contributed by atoms with Gasteiger partial charge in [0.2, 0.25) is 5.88 Å². The summed E-state index contributed by atoms with van der Waals surface area (Å²) < 4.78 is 5.18. The van der Waals surface area contributed by atoms with Crippen LogP contribution in [-0.2, 0) is 0 Å². The lowest BCUT2D eigenvalue weighted by Gasteiger charge is -2.06. The zero-order chi connectivity index (χ0) is 10.6. The molecule has 0 spiro atoms. The summed E-state index contributed by atoms with van der Waals surface area (Å²) in [5.41, 5.74) is 3.10. The number of amides is 1. The largest absolute Gasteiger partial charge is 0.478 e. The molecule has 5 nitrogen and oxygen atoms in total. The van der Waals surface area contributed by atoms with Gasteiger partial charge >= 0.3 is 0 Å². The second-order valence-corrected chi connectivity index (χ2v) is 2.69. The smallest absolute Gasteiger partial charge is 0.267 e. The fourth-order valence-corrected chi connectivity index (χ4v) is 1.08. The number of carbonyl (C=O) groups is 1. The molecule has 1 aromatic rings. The van der Waals surface area contributed by atoms with E-state index in [1.54, 1.807) is 19.1 Å². The Hall–Kier alpha value is -1.62. The Morgan fingerprint density at radius 1 is 1.64 bits per heavy atom. The fourth-order valence-electron chi connectivity index (χ4n) is 1.08. The van der Waals surface area contributed by atoms with Gasteiger partial charge in [-0.3, -0.25) is 10.2 Å². The highest BCUT2D eigenvalue weighted by molar-refractivity contribution is 5.94. The molecular formula is C9H13N3O2. The van der Waals surface area contributed by atoms with E-state index in [1.165, 1.54) is 0 Å². The van der Waals surface area contributed by atoms with Crippen molar-refractivity contribution >= 4 is 5.91 Å². The SMILES string of the molecule is CCOc1ccc(C(=O)NN)c(C)n1. The van der Waals surface area contributed by atoms with E-state index in [0.717, 1.165) is 0 Å². The van der Waals surface area contributed by atoms with Crippen LogP contribution < -0.4 is 16.0 Å². The summed E-state index contributed by atoms with van der Waals surface area (Å²) in [7, 11) is 0. The first-order valence-electron chi connectivity index (χ1n) is 4.30. The van der Waals surface area contributed by atoms with E-state index in [-0.39, 0.29) is 5.91 Å². The molecule has 1 amide bonds. The highest BCUT2D eigenvalue weighted by Crippen LogP contribution is 2.11. The van der Waals surface area contributed by atoms with Crippen LogP contribution in [0.5, 0.6) is 5.88 Å². The van der Waals surface area contributed by atoms with Crippen LogP contribution in [0.3, 0.4) is 0 Å². The van der Waals surface area contributed by atoms with E-state index in [9.17, 15) is 4.79 Å². The summed E-state index contributed by atoms with van der Waals surface area (Å²) in [4.78, 5) is 15.3. The summed E-state index contributed by atoms with van der Waals surface area (Å²) in [5, 5.41) is 0. The second kappa shape index (κ2) is 4.57. The maximum atomic E-state index is 11.2. The number of nitrogen functional groups attached to an aromatic ring is 1. The van der Waals surface area contributed by atoms with Crippen molar-refractivity contribution in [1.29, 1.82) is 0 Å². The van der Waals surface area contributed by atoms with Crippen LogP contribution in [0.4, 0.5) is 0 Å². The molecule has 14 heavy (non-hydrogen) atoms. The Kier molecular flexibility index (Phi) is 3.41. The molecule has 0 saturated heterocycles. The average Bonchev–Trinajstić information content (AvgIpc) is 2.17. The lowest BCUT2D eigenvalue weighted by atomic mass is 10.2. The molecule has 76 valence electrons. The van der Waals surface area contributed by atoms with Gasteiger partial charge in [-0.05, 0) is 19.9 Å². The molecule has 0 fully saturated rings. The van der Waals surface area contributed by atoms with E-state index in [1.807, 2.05) is 6.92 Å². The molecule has 0 aliphatic rings. The lowest BCUT2D eigenvalue weighted by Crippen LogP contribution is -2.30. The van der Waals surface area contributed by atoms with Crippen molar-refractivity contribution in [2.24, 2.45) is 5.84 Å². The van der Waals surface area contributed by atoms with Gasteiger partial charge in [-0.1, -0.05) is 0 Å². The summed E-state index contributed by atoms with van der Waals surface area (Å²) in [5.74, 6) is 5.17. The minimum Gasteiger partial charge on any atom is -0.478 e. The van der Waals surface area contributed by atoms with Crippen molar-refractivity contribution in [3.05, 3.63) is 23.4 Å². The van der Waals surface area contributed by atoms with Gasteiger partial charge in [0.25, 0.3) is 5.91 Å². The number of rotatable bonds is 3. The zero-order valence-corrected chi connectivity index (χ0v) is 8.20. The van der Waals surface area contributed by atoms with Crippen LogP contribution in [0, 0.1) is 6.92 Å². The molecule has 0 unspecified atom stereocenters. The molecule has 0 aliphatic carbocycles. The quantitative estimate of drug-likeness (QED) is 0.415. The number of pyridine rings is 1. The monoisotopic (exact) mass is 195 g/mol. The van der Waals surface area contributed by atoms with Crippen LogP contribution in [-0.4, -0.2) is 17.5 Å². The molecule has 3 N–H and O–H groups in total. The van der Waals surface area contributed by atoms with Crippen molar-refractivity contribution in [3.63, 3.8) is 0 Å². The second-order valence-electron chi connectivity index (χ2n) is 2.69. The van der Waals surface area contributed by atoms with Crippen LogP contribution >= 0.6 is 0 Å². The fraction of sp³-hybridized carbons (Fsp3) is 0.333. The van der Waals surface area contributed by atoms with Gasteiger partial charge in [0.15, 0.2) is 0 Å². The lowest BCUT2D eigenvalue weighted by molar-refractivity contribution is 0.0952. The van der Waals surface area contributed by atoms with Gasteiger partial charge in [0.1, 0.15) is 0 Å². The predicted molar refractivity (Wildman–Crippen MR) is 51.8 cm³/mol. The van der Waals surface area contributed by atoms with Gasteiger partial charge in [0.05, 0.1) is 17.9 Å². The first-order valence-corrected chi connectivity index (χ1v) is 4.30. The maximum Gasteiger partial charge on any atom is 0.267 e. The average molecular weight is 195 g/mol. The van der Waals surface area contributed by atoms with Gasteiger partial charge in [-0.25, -0.2) is 10.8 Å². The van der Waals surface area contributed by atoms with E-state index in [2.05, 4.69) is 10.4 Å². The molecule has 1 aromatic heterocycles. The molecular weight excluding hydrogens is 182 g/mol. The highest BCUT2D eigenvalue weighted by Gasteiger charge is 2.08. The van der Waals surface area contributed by atoms with Gasteiger partial charge < -0.3 is 4.74 Å². The van der Waals surface area contributed by atoms with Gasteiger partial charge in [-0.2, -0.15) is 0 Å². The molecule has 1 rings (SSSR count). The Morgan fingerprint density at radius 2 is 2.36 bits per heavy atom. The first-order chi connectivity index (χ1) is 6.69. The minimum absolute atomic E-state index is 0.349. The topological polar surface area (TPSA) is 77.2 Å². The number of aromatic nitrogens is 1. The van der Waals surface area contributed by atoms with Crippen molar-refractivity contribution in [2.75, 3.05) is 6.61 Å². The third kappa shape index (κ3) is 2.20. The van der Waals surface area contributed by atoms with Crippen LogP contribution in [0.15, 0.2) is 12.1 Å². The third-order valence-electron chi connectivity index (χ3n) is 1.73. The molecule has 0 atom stereocenters. The van der Waals surface area contributed by atoms with Crippen LogP contribution in [0.25, 0.3) is 0 Å². The minimum atomic E-state index is -0.349. The van der Waals surface area contributed by atoms with Crippen molar-refractivity contribution in [2.45, 2.75) is 13.8 Å².